The molecule has 1 saturated heterocycles. The molecule has 1 aromatic carbocycles. The Bertz CT molecular complexity index is 533. The fraction of sp³-hybridized carbons (Fsp3) is 0.650. The van der Waals surface area contributed by atoms with Crippen LogP contribution in [0.5, 0.6) is 5.75 Å². The minimum absolute atomic E-state index is 0. The van der Waals surface area contributed by atoms with Gasteiger partial charge in [0.05, 0.1) is 7.11 Å². The number of methoxy groups -OCH3 is 1. The number of hydrogen-bond acceptors (Lipinski definition) is 3. The molecule has 1 atom stereocenters. The molecule has 0 saturated carbocycles. The molecule has 1 fully saturated rings. The fourth-order valence-corrected chi connectivity index (χ4v) is 3.31. The molecule has 0 radical (unpaired) electrons. The molecule has 1 aliphatic rings. The van der Waals surface area contributed by atoms with Crippen LogP contribution in [0, 0.1) is 5.92 Å². The number of hydrogen-bond donors (Lipinski definition) is 2. The van der Waals surface area contributed by atoms with Crippen LogP contribution in [0.4, 0.5) is 0 Å². The topological polar surface area (TPSA) is 48.9 Å². The standard InChI is InChI=1S/C20H34N4O.HI/c1-16(2)24-13-5-6-18(15-24)14-23-20(21-3)22-12-11-17-7-9-19(25-4)10-8-17;/h7-10,16,18H,5-6,11-15H2,1-4H3,(H2,21,22,23);1H. The van der Waals surface area contributed by atoms with E-state index in [4.69, 9.17) is 4.74 Å². The molecule has 0 spiro atoms. The first kappa shape index (κ1) is 23.0. The Hall–Kier alpha value is -1.02. The normalized spacial score (nSPS) is 18.3. The van der Waals surface area contributed by atoms with Gasteiger partial charge in [-0.15, -0.1) is 24.0 Å². The van der Waals surface area contributed by atoms with Gasteiger partial charge in [-0.05, 0) is 63.3 Å². The summed E-state index contributed by atoms with van der Waals surface area (Å²) in [4.78, 5) is 6.93. The lowest BCUT2D eigenvalue weighted by Crippen LogP contribution is -2.46. The highest BCUT2D eigenvalue weighted by Crippen LogP contribution is 2.17. The number of piperidine rings is 1. The number of guanidine groups is 1. The first-order valence-electron chi connectivity index (χ1n) is 9.44. The molecule has 5 nitrogen and oxygen atoms in total. The third-order valence-electron chi connectivity index (χ3n) is 4.93. The number of halogens is 1. The van der Waals surface area contributed by atoms with E-state index in [0.717, 1.165) is 31.2 Å². The van der Waals surface area contributed by atoms with E-state index in [9.17, 15) is 0 Å². The molecule has 2 rings (SSSR count). The Morgan fingerprint density at radius 2 is 2.00 bits per heavy atom. The van der Waals surface area contributed by atoms with Crippen LogP contribution in [0.1, 0.15) is 32.3 Å². The Morgan fingerprint density at radius 3 is 2.62 bits per heavy atom. The van der Waals surface area contributed by atoms with Gasteiger partial charge in [-0.3, -0.25) is 4.99 Å². The zero-order chi connectivity index (χ0) is 18.1. The van der Waals surface area contributed by atoms with Crippen molar-refractivity contribution in [1.82, 2.24) is 15.5 Å². The first-order valence-corrected chi connectivity index (χ1v) is 9.44. The molecule has 148 valence electrons. The molecule has 26 heavy (non-hydrogen) atoms. The average Bonchev–Trinajstić information content (AvgIpc) is 2.65. The SMILES string of the molecule is CN=C(NCCc1ccc(OC)cc1)NCC1CCCN(C(C)C)C1.I. The smallest absolute Gasteiger partial charge is 0.190 e. The average molecular weight is 474 g/mol. The number of nitrogens with zero attached hydrogens (tertiary/aromatic N) is 2. The zero-order valence-electron chi connectivity index (χ0n) is 16.6. The van der Waals surface area contributed by atoms with Crippen molar-refractivity contribution in [3.63, 3.8) is 0 Å². The monoisotopic (exact) mass is 474 g/mol. The molecule has 0 aromatic heterocycles. The lowest BCUT2D eigenvalue weighted by Gasteiger charge is -2.35. The van der Waals surface area contributed by atoms with Gasteiger partial charge in [0.25, 0.3) is 0 Å². The first-order chi connectivity index (χ1) is 12.1. The van der Waals surface area contributed by atoms with Crippen LogP contribution in [0.25, 0.3) is 0 Å². The third kappa shape index (κ3) is 7.70. The summed E-state index contributed by atoms with van der Waals surface area (Å²) in [7, 11) is 3.53. The highest BCUT2D eigenvalue weighted by Gasteiger charge is 2.21. The molecule has 2 N–H and O–H groups in total. The van der Waals surface area contributed by atoms with Gasteiger partial charge < -0.3 is 20.3 Å². The van der Waals surface area contributed by atoms with Crippen LogP contribution in [0.2, 0.25) is 0 Å². The highest BCUT2D eigenvalue weighted by molar-refractivity contribution is 14.0. The van der Waals surface area contributed by atoms with E-state index in [1.807, 2.05) is 19.2 Å². The van der Waals surface area contributed by atoms with Crippen molar-refractivity contribution in [3.8, 4) is 5.75 Å². The molecule has 1 aromatic rings. The van der Waals surface area contributed by atoms with Crippen molar-refractivity contribution < 1.29 is 4.74 Å². The predicted molar refractivity (Wildman–Crippen MR) is 121 cm³/mol. The van der Waals surface area contributed by atoms with E-state index in [1.165, 1.54) is 31.5 Å². The summed E-state index contributed by atoms with van der Waals surface area (Å²) in [5.41, 5.74) is 1.30. The van der Waals surface area contributed by atoms with Crippen LogP contribution >= 0.6 is 24.0 Å². The maximum Gasteiger partial charge on any atom is 0.190 e. The minimum Gasteiger partial charge on any atom is -0.497 e. The minimum atomic E-state index is 0. The van der Waals surface area contributed by atoms with Crippen molar-refractivity contribution >= 4 is 29.9 Å². The molecule has 1 aliphatic heterocycles. The van der Waals surface area contributed by atoms with Crippen molar-refractivity contribution in [1.29, 1.82) is 0 Å². The number of ether oxygens (including phenoxy) is 1. The van der Waals surface area contributed by atoms with Crippen molar-refractivity contribution in [3.05, 3.63) is 29.8 Å². The summed E-state index contributed by atoms with van der Waals surface area (Å²) in [6.45, 7) is 8.86. The summed E-state index contributed by atoms with van der Waals surface area (Å²) < 4.78 is 5.19. The van der Waals surface area contributed by atoms with Gasteiger partial charge in [-0.25, -0.2) is 0 Å². The summed E-state index contributed by atoms with van der Waals surface area (Å²) in [5.74, 6) is 2.50. The number of benzene rings is 1. The number of likely N-dealkylation sites (tertiary alicyclic amines) is 1. The van der Waals surface area contributed by atoms with E-state index >= 15 is 0 Å². The Balaban J connectivity index is 0.00000338. The molecular formula is C20H35IN4O. The second kappa shape index (κ2) is 12.4. The number of nitrogens with one attached hydrogen (secondary N) is 2. The van der Waals surface area contributed by atoms with Gasteiger partial charge in [0.1, 0.15) is 5.75 Å². The van der Waals surface area contributed by atoms with E-state index in [2.05, 4.69) is 46.5 Å². The fourth-order valence-electron chi connectivity index (χ4n) is 3.31. The van der Waals surface area contributed by atoms with E-state index in [-0.39, 0.29) is 24.0 Å². The van der Waals surface area contributed by atoms with E-state index in [0.29, 0.717) is 12.0 Å². The van der Waals surface area contributed by atoms with Gasteiger partial charge >= 0.3 is 0 Å². The second-order valence-electron chi connectivity index (χ2n) is 7.07. The molecule has 0 bridgehead atoms. The quantitative estimate of drug-likeness (QED) is 0.362. The molecular weight excluding hydrogens is 439 g/mol. The van der Waals surface area contributed by atoms with E-state index < -0.39 is 0 Å². The van der Waals surface area contributed by atoms with Crippen LogP contribution in [0.15, 0.2) is 29.3 Å². The summed E-state index contributed by atoms with van der Waals surface area (Å²) >= 11 is 0. The molecule has 6 heteroatoms. The summed E-state index contributed by atoms with van der Waals surface area (Å²) in [5, 5.41) is 6.91. The van der Waals surface area contributed by atoms with Gasteiger partial charge in [-0.2, -0.15) is 0 Å². The summed E-state index contributed by atoms with van der Waals surface area (Å²) in [6.07, 6.45) is 3.57. The van der Waals surface area contributed by atoms with Gasteiger partial charge in [-0.1, -0.05) is 12.1 Å². The van der Waals surface area contributed by atoms with Crippen LogP contribution in [-0.4, -0.2) is 57.2 Å². The molecule has 1 heterocycles. The predicted octanol–water partition coefficient (Wildman–Crippen LogP) is 3.14. The molecule has 0 aliphatic carbocycles. The largest absolute Gasteiger partial charge is 0.497 e. The summed E-state index contributed by atoms with van der Waals surface area (Å²) in [6, 6.07) is 8.88. The van der Waals surface area contributed by atoms with Gasteiger partial charge in [0.15, 0.2) is 5.96 Å². The van der Waals surface area contributed by atoms with Crippen LogP contribution in [-0.2, 0) is 6.42 Å². The highest BCUT2D eigenvalue weighted by atomic mass is 127. The Kier molecular flexibility index (Phi) is 11.0. The number of rotatable bonds is 7. The Labute approximate surface area is 176 Å². The van der Waals surface area contributed by atoms with Crippen molar-refractivity contribution in [2.45, 2.75) is 39.2 Å². The molecule has 0 amide bonds. The third-order valence-corrected chi connectivity index (χ3v) is 4.93. The van der Waals surface area contributed by atoms with Crippen molar-refractivity contribution in [2.24, 2.45) is 10.9 Å². The lowest BCUT2D eigenvalue weighted by molar-refractivity contribution is 0.141. The molecule has 1 unspecified atom stereocenters. The Morgan fingerprint density at radius 1 is 1.27 bits per heavy atom. The van der Waals surface area contributed by atoms with Crippen LogP contribution in [0.3, 0.4) is 0 Å². The lowest BCUT2D eigenvalue weighted by atomic mass is 9.97. The number of aliphatic imine (C=N–C) groups is 1. The second-order valence-corrected chi connectivity index (χ2v) is 7.07. The van der Waals surface area contributed by atoms with Gasteiger partial charge in [0.2, 0.25) is 0 Å². The maximum absolute atomic E-state index is 5.19. The van der Waals surface area contributed by atoms with E-state index in [1.54, 1.807) is 7.11 Å². The van der Waals surface area contributed by atoms with Crippen LogP contribution < -0.4 is 15.4 Å². The zero-order valence-corrected chi connectivity index (χ0v) is 19.0. The van der Waals surface area contributed by atoms with Gasteiger partial charge in [0, 0.05) is 32.7 Å². The van der Waals surface area contributed by atoms with Crippen molar-refractivity contribution in [2.75, 3.05) is 40.3 Å². The maximum atomic E-state index is 5.19.